The van der Waals surface area contributed by atoms with Crippen LogP contribution in [-0.4, -0.2) is 46.9 Å². The quantitative estimate of drug-likeness (QED) is 0.641. The minimum Gasteiger partial charge on any atom is -0.480 e. The van der Waals surface area contributed by atoms with Crippen LogP contribution in [0.15, 0.2) is 29.3 Å². The average Bonchev–Trinajstić information content (AvgIpc) is 2.72. The van der Waals surface area contributed by atoms with E-state index in [1.54, 1.807) is 24.3 Å². The van der Waals surface area contributed by atoms with E-state index in [-0.39, 0.29) is 11.6 Å². The molecule has 0 amide bonds. The number of thioether (sulfide) groups is 1. The lowest BCUT2D eigenvalue weighted by atomic mass is 10.1. The molecule has 0 fully saturated rings. The number of benzene rings is 1. The van der Waals surface area contributed by atoms with Gasteiger partial charge in [0.2, 0.25) is 0 Å². The lowest BCUT2D eigenvalue weighted by Gasteiger charge is -2.06. The molecule has 21 heavy (non-hydrogen) atoms. The Labute approximate surface area is 126 Å². The molecule has 1 aromatic carbocycles. The van der Waals surface area contributed by atoms with Crippen molar-refractivity contribution in [3.05, 3.63) is 35.4 Å². The Kier molecular flexibility index (Phi) is 4.90. The van der Waals surface area contributed by atoms with Gasteiger partial charge in [0.05, 0.1) is 0 Å². The second kappa shape index (κ2) is 6.67. The zero-order valence-corrected chi connectivity index (χ0v) is 12.3. The molecule has 0 unspecified atom stereocenters. The smallest absolute Gasteiger partial charge is 0.328 e. The van der Waals surface area contributed by atoms with E-state index in [0.717, 1.165) is 0 Å². The Morgan fingerprint density at radius 2 is 1.90 bits per heavy atom. The van der Waals surface area contributed by atoms with Crippen LogP contribution < -0.4 is 0 Å². The van der Waals surface area contributed by atoms with Gasteiger partial charge in [-0.15, -0.1) is 0 Å². The van der Waals surface area contributed by atoms with Crippen molar-refractivity contribution in [3.8, 4) is 0 Å². The molecule has 0 heterocycles. The van der Waals surface area contributed by atoms with Gasteiger partial charge >= 0.3 is 5.97 Å². The molecule has 6 heteroatoms. The van der Waals surface area contributed by atoms with Crippen LogP contribution in [-0.2, 0) is 4.79 Å². The molecule has 1 atom stereocenters. The molecular weight excluding hydrogens is 290 g/mol. The molecule has 0 saturated heterocycles. The summed E-state index contributed by atoms with van der Waals surface area (Å²) in [5, 5.41) is 9.09. The van der Waals surface area contributed by atoms with Crippen molar-refractivity contribution in [2.45, 2.75) is 12.5 Å². The molecular formula is C15H15NO4S. The monoisotopic (exact) mass is 305 g/mol. The number of rotatable bonds is 6. The van der Waals surface area contributed by atoms with Gasteiger partial charge in [-0.05, 0) is 18.4 Å². The van der Waals surface area contributed by atoms with Gasteiger partial charge in [-0.3, -0.25) is 14.6 Å². The van der Waals surface area contributed by atoms with Gasteiger partial charge in [0.25, 0.3) is 0 Å². The molecule has 1 aromatic rings. The van der Waals surface area contributed by atoms with Gasteiger partial charge in [-0.25, -0.2) is 4.79 Å². The predicted octanol–water partition coefficient (Wildman–Crippen LogP) is 1.96. The van der Waals surface area contributed by atoms with E-state index in [0.29, 0.717) is 23.3 Å². The molecule has 0 spiro atoms. The van der Waals surface area contributed by atoms with E-state index < -0.39 is 17.9 Å². The summed E-state index contributed by atoms with van der Waals surface area (Å²) >= 11 is 1.53. The Balaban J connectivity index is 2.17. The maximum Gasteiger partial charge on any atom is 0.328 e. The Morgan fingerprint density at radius 1 is 1.33 bits per heavy atom. The molecule has 0 radical (unpaired) electrons. The fourth-order valence-electron chi connectivity index (χ4n) is 2.18. The number of aliphatic carboxylic acids is 1. The largest absolute Gasteiger partial charge is 0.480 e. The van der Waals surface area contributed by atoms with E-state index in [4.69, 9.17) is 5.11 Å². The normalized spacial score (nSPS) is 16.4. The summed E-state index contributed by atoms with van der Waals surface area (Å²) in [7, 11) is 0. The summed E-state index contributed by atoms with van der Waals surface area (Å²) in [4.78, 5) is 39.3. The number of carbonyl (C=O) groups excluding carboxylic acids is 2. The van der Waals surface area contributed by atoms with Crippen molar-refractivity contribution in [3.63, 3.8) is 0 Å². The lowest BCUT2D eigenvalue weighted by Crippen LogP contribution is -2.22. The molecule has 1 aliphatic rings. The number of aliphatic imine (C=N–C) groups is 1. The minimum atomic E-state index is -1.05. The highest BCUT2D eigenvalue weighted by Gasteiger charge is 2.37. The SMILES string of the molecule is CSCC[C@@H](N=CC1C(=O)c2ccccc2C1=O)C(=O)O. The summed E-state index contributed by atoms with van der Waals surface area (Å²) in [6, 6.07) is 5.68. The summed E-state index contributed by atoms with van der Waals surface area (Å²) in [6.45, 7) is 0. The summed E-state index contributed by atoms with van der Waals surface area (Å²) < 4.78 is 0. The predicted molar refractivity (Wildman–Crippen MR) is 81.5 cm³/mol. The average molecular weight is 305 g/mol. The number of carboxylic acid groups (broad SMARTS) is 1. The molecule has 0 aromatic heterocycles. The van der Waals surface area contributed by atoms with E-state index in [9.17, 15) is 14.4 Å². The van der Waals surface area contributed by atoms with Gasteiger partial charge in [-0.1, -0.05) is 24.3 Å². The molecule has 1 aliphatic carbocycles. The van der Waals surface area contributed by atoms with Crippen LogP contribution in [0, 0.1) is 5.92 Å². The van der Waals surface area contributed by atoms with Crippen molar-refractivity contribution in [2.24, 2.45) is 10.9 Å². The third kappa shape index (κ3) is 3.21. The van der Waals surface area contributed by atoms with Crippen molar-refractivity contribution in [1.82, 2.24) is 0 Å². The van der Waals surface area contributed by atoms with E-state index in [2.05, 4.69) is 4.99 Å². The second-order valence-electron chi connectivity index (χ2n) is 4.69. The van der Waals surface area contributed by atoms with Crippen molar-refractivity contribution < 1.29 is 19.5 Å². The van der Waals surface area contributed by atoms with Gasteiger partial charge < -0.3 is 5.11 Å². The number of hydrogen-bond donors (Lipinski definition) is 1. The van der Waals surface area contributed by atoms with E-state index >= 15 is 0 Å². The second-order valence-corrected chi connectivity index (χ2v) is 5.67. The number of nitrogens with zero attached hydrogens (tertiary/aromatic N) is 1. The van der Waals surface area contributed by atoms with Crippen LogP contribution in [0.25, 0.3) is 0 Å². The van der Waals surface area contributed by atoms with Gasteiger partial charge in [0.1, 0.15) is 12.0 Å². The third-order valence-corrected chi connectivity index (χ3v) is 3.96. The molecule has 5 nitrogen and oxygen atoms in total. The fourth-order valence-corrected chi connectivity index (χ4v) is 2.64. The first-order valence-corrected chi connectivity index (χ1v) is 7.88. The molecule has 2 rings (SSSR count). The summed E-state index contributed by atoms with van der Waals surface area (Å²) in [5.74, 6) is -2.00. The number of carboxylic acids is 1. The highest BCUT2D eigenvalue weighted by atomic mass is 32.2. The first-order chi connectivity index (χ1) is 10.1. The summed E-state index contributed by atoms with van der Waals surface area (Å²) in [6.07, 6.45) is 3.45. The number of fused-ring (bicyclic) bond motifs is 1. The summed E-state index contributed by atoms with van der Waals surface area (Å²) in [5.41, 5.74) is 0.768. The molecule has 0 bridgehead atoms. The standard InChI is InChI=1S/C15H15NO4S/c1-21-7-6-12(15(19)20)16-8-11-13(17)9-4-2-3-5-10(9)14(11)18/h2-5,8,11-12H,6-7H2,1H3,(H,19,20)/t12-/m1/s1. The van der Waals surface area contributed by atoms with Gasteiger partial charge in [-0.2, -0.15) is 11.8 Å². The van der Waals surface area contributed by atoms with E-state index in [1.807, 2.05) is 6.26 Å². The van der Waals surface area contributed by atoms with Crippen LogP contribution in [0.3, 0.4) is 0 Å². The maximum absolute atomic E-state index is 12.1. The zero-order chi connectivity index (χ0) is 15.4. The van der Waals surface area contributed by atoms with Crippen molar-refractivity contribution in [1.29, 1.82) is 0 Å². The van der Waals surface area contributed by atoms with Crippen LogP contribution in [0.2, 0.25) is 0 Å². The van der Waals surface area contributed by atoms with Crippen molar-refractivity contribution >= 4 is 35.5 Å². The van der Waals surface area contributed by atoms with Crippen LogP contribution in [0.5, 0.6) is 0 Å². The van der Waals surface area contributed by atoms with Crippen LogP contribution in [0.4, 0.5) is 0 Å². The maximum atomic E-state index is 12.1. The first-order valence-electron chi connectivity index (χ1n) is 6.48. The van der Waals surface area contributed by atoms with Gasteiger partial charge in [0.15, 0.2) is 11.6 Å². The van der Waals surface area contributed by atoms with Crippen molar-refractivity contribution in [2.75, 3.05) is 12.0 Å². The van der Waals surface area contributed by atoms with Crippen LogP contribution >= 0.6 is 11.8 Å². The number of ketones is 2. The Hall–Kier alpha value is -1.95. The molecule has 110 valence electrons. The molecule has 0 aliphatic heterocycles. The first kappa shape index (κ1) is 15.4. The highest BCUT2D eigenvalue weighted by molar-refractivity contribution is 7.98. The third-order valence-electron chi connectivity index (χ3n) is 3.32. The van der Waals surface area contributed by atoms with Crippen LogP contribution in [0.1, 0.15) is 27.1 Å². The highest BCUT2D eigenvalue weighted by Crippen LogP contribution is 2.25. The van der Waals surface area contributed by atoms with E-state index in [1.165, 1.54) is 18.0 Å². The Morgan fingerprint density at radius 3 is 2.38 bits per heavy atom. The molecule has 1 N–H and O–H groups in total. The lowest BCUT2D eigenvalue weighted by molar-refractivity contribution is -0.138. The van der Waals surface area contributed by atoms with Gasteiger partial charge in [0, 0.05) is 17.3 Å². The fraction of sp³-hybridized carbons (Fsp3) is 0.333. The number of Topliss-reactive ketones (excluding diaryl/α,β-unsaturated/α-hetero) is 2. The minimum absolute atomic E-state index is 0.312. The topological polar surface area (TPSA) is 83.8 Å². The number of hydrogen-bond acceptors (Lipinski definition) is 5. The number of carbonyl (C=O) groups is 3. The zero-order valence-electron chi connectivity index (χ0n) is 11.5. The Bertz CT molecular complexity index is 576. The molecule has 0 saturated carbocycles.